The lowest BCUT2D eigenvalue weighted by Gasteiger charge is -2.08. The first kappa shape index (κ1) is 12.5. The zero-order valence-corrected chi connectivity index (χ0v) is 10.5. The van der Waals surface area contributed by atoms with Gasteiger partial charge in [0, 0.05) is 11.1 Å². The maximum atomic E-state index is 12.4. The van der Waals surface area contributed by atoms with Crippen molar-refractivity contribution in [2.24, 2.45) is 0 Å². The molecule has 89 valence electrons. The molecule has 0 fully saturated rings. The fraction of sp³-hybridized carbons (Fsp3) is 0.0667. The zero-order valence-electron chi connectivity index (χ0n) is 9.74. The predicted molar refractivity (Wildman–Crippen MR) is 70.9 cm³/mol. The van der Waals surface area contributed by atoms with Crippen molar-refractivity contribution >= 4 is 23.7 Å². The second kappa shape index (κ2) is 5.15. The third-order valence-corrected chi connectivity index (χ3v) is 3.06. The normalized spacial score (nSPS) is 10.1. The Morgan fingerprint density at radius 1 is 1.11 bits per heavy atom. The van der Waals surface area contributed by atoms with Gasteiger partial charge in [-0.05, 0) is 18.6 Å². The molecule has 0 aromatic heterocycles. The van der Waals surface area contributed by atoms with E-state index in [0.717, 1.165) is 5.56 Å². The molecule has 2 aromatic carbocycles. The van der Waals surface area contributed by atoms with Crippen molar-refractivity contribution in [3.63, 3.8) is 0 Å². The highest BCUT2D eigenvalue weighted by molar-refractivity contribution is 6.35. The second-order valence-corrected chi connectivity index (χ2v) is 4.32. The molecule has 2 aromatic rings. The molecule has 0 unspecified atom stereocenters. The topological polar surface area (TPSA) is 34.1 Å². The van der Waals surface area contributed by atoms with E-state index in [0.29, 0.717) is 5.56 Å². The number of carbonyl (C=O) groups excluding carboxylic acids is 2. The van der Waals surface area contributed by atoms with Crippen LogP contribution in [-0.2, 0) is 4.79 Å². The minimum Gasteiger partial charge on any atom is -0.289 e. The van der Waals surface area contributed by atoms with Crippen LogP contribution in [0.4, 0.5) is 0 Å². The van der Waals surface area contributed by atoms with E-state index < -0.39 is 0 Å². The Balaban J connectivity index is 2.60. The number of hydrogen-bond donors (Lipinski definition) is 0. The molecule has 0 saturated heterocycles. The third kappa shape index (κ3) is 2.20. The van der Waals surface area contributed by atoms with Gasteiger partial charge < -0.3 is 0 Å². The highest BCUT2D eigenvalue weighted by atomic mass is 35.5. The largest absolute Gasteiger partial charge is 0.289 e. The van der Waals surface area contributed by atoms with Crippen LogP contribution in [-0.4, -0.2) is 12.1 Å². The smallest absolute Gasteiger partial charge is 0.234 e. The summed E-state index contributed by atoms with van der Waals surface area (Å²) in [4.78, 5) is 23.3. The average Bonchev–Trinajstić information content (AvgIpc) is 2.38. The summed E-state index contributed by atoms with van der Waals surface area (Å²) in [5, 5.41) is 0.268. The summed E-state index contributed by atoms with van der Waals surface area (Å²) in [6, 6.07) is 11.9. The molecule has 0 atom stereocenters. The van der Waals surface area contributed by atoms with Crippen LogP contribution in [0, 0.1) is 6.92 Å². The first-order valence-electron chi connectivity index (χ1n) is 5.42. The summed E-state index contributed by atoms with van der Waals surface area (Å²) in [7, 11) is 0. The van der Waals surface area contributed by atoms with Crippen LogP contribution in [0.2, 0.25) is 5.02 Å². The Kier molecular flexibility index (Phi) is 3.58. The maximum absolute atomic E-state index is 12.4. The van der Waals surface area contributed by atoms with Crippen molar-refractivity contribution in [1.82, 2.24) is 0 Å². The van der Waals surface area contributed by atoms with Gasteiger partial charge in [-0.2, -0.15) is 0 Å². The fourth-order valence-corrected chi connectivity index (χ4v) is 2.06. The van der Waals surface area contributed by atoms with Crippen molar-refractivity contribution in [2.75, 3.05) is 0 Å². The van der Waals surface area contributed by atoms with Crippen LogP contribution in [0.25, 0.3) is 0 Å². The SMILES string of the molecule is Cc1ccccc1C(=O)c1c(Cl)cccc1[C]=O. The molecular weight excluding hydrogens is 248 g/mol. The van der Waals surface area contributed by atoms with Gasteiger partial charge in [0.05, 0.1) is 10.6 Å². The van der Waals surface area contributed by atoms with Crippen LogP contribution in [0.5, 0.6) is 0 Å². The minimum absolute atomic E-state index is 0.191. The monoisotopic (exact) mass is 257 g/mol. The van der Waals surface area contributed by atoms with Crippen molar-refractivity contribution in [1.29, 1.82) is 0 Å². The van der Waals surface area contributed by atoms with Crippen LogP contribution in [0.3, 0.4) is 0 Å². The lowest BCUT2D eigenvalue weighted by atomic mass is 9.96. The molecule has 18 heavy (non-hydrogen) atoms. The third-order valence-electron chi connectivity index (χ3n) is 2.74. The standard InChI is InChI=1S/C15H10ClO2/c1-10-5-2-3-7-12(10)15(18)14-11(9-17)6-4-8-13(14)16/h2-8H,1H3. The van der Waals surface area contributed by atoms with E-state index in [-0.39, 0.29) is 21.9 Å². The molecule has 0 aliphatic rings. The maximum Gasteiger partial charge on any atom is 0.234 e. The molecule has 0 saturated carbocycles. The van der Waals surface area contributed by atoms with Gasteiger partial charge in [-0.15, -0.1) is 0 Å². The summed E-state index contributed by atoms with van der Waals surface area (Å²) < 4.78 is 0. The number of ketones is 1. The Morgan fingerprint density at radius 2 is 1.83 bits per heavy atom. The lowest BCUT2D eigenvalue weighted by Crippen LogP contribution is -2.07. The van der Waals surface area contributed by atoms with Gasteiger partial charge in [0.2, 0.25) is 6.29 Å². The molecule has 0 aliphatic carbocycles. The van der Waals surface area contributed by atoms with Gasteiger partial charge >= 0.3 is 0 Å². The summed E-state index contributed by atoms with van der Waals surface area (Å²) >= 11 is 6.01. The van der Waals surface area contributed by atoms with Gasteiger partial charge in [0.25, 0.3) is 0 Å². The molecule has 2 nitrogen and oxygen atoms in total. The number of benzene rings is 2. The quantitative estimate of drug-likeness (QED) is 0.791. The van der Waals surface area contributed by atoms with E-state index in [1.54, 1.807) is 30.6 Å². The molecule has 0 N–H and O–H groups in total. The fourth-order valence-electron chi connectivity index (χ4n) is 1.80. The molecule has 0 aliphatic heterocycles. The van der Waals surface area contributed by atoms with E-state index in [1.807, 2.05) is 19.1 Å². The molecule has 0 amide bonds. The Morgan fingerprint density at radius 3 is 2.50 bits per heavy atom. The van der Waals surface area contributed by atoms with E-state index in [9.17, 15) is 9.59 Å². The van der Waals surface area contributed by atoms with Crippen molar-refractivity contribution in [2.45, 2.75) is 6.92 Å². The van der Waals surface area contributed by atoms with Crippen molar-refractivity contribution in [3.8, 4) is 0 Å². The minimum atomic E-state index is -0.253. The van der Waals surface area contributed by atoms with Crippen molar-refractivity contribution in [3.05, 3.63) is 69.7 Å². The van der Waals surface area contributed by atoms with Crippen molar-refractivity contribution < 1.29 is 9.59 Å². The van der Waals surface area contributed by atoms with Gasteiger partial charge in [0.1, 0.15) is 0 Å². The predicted octanol–water partition coefficient (Wildman–Crippen LogP) is 3.34. The molecule has 2 rings (SSSR count). The van der Waals surface area contributed by atoms with Crippen LogP contribution >= 0.6 is 11.6 Å². The first-order valence-corrected chi connectivity index (χ1v) is 5.80. The summed E-state index contributed by atoms with van der Waals surface area (Å²) in [5.41, 5.74) is 1.79. The zero-order chi connectivity index (χ0) is 13.1. The van der Waals surface area contributed by atoms with E-state index >= 15 is 0 Å². The number of aryl methyl sites for hydroxylation is 1. The van der Waals surface area contributed by atoms with Gasteiger partial charge in [-0.3, -0.25) is 9.59 Å². The second-order valence-electron chi connectivity index (χ2n) is 3.91. The van der Waals surface area contributed by atoms with E-state index in [1.165, 1.54) is 6.07 Å². The number of hydrogen-bond acceptors (Lipinski definition) is 2. The van der Waals surface area contributed by atoms with Crippen LogP contribution in [0.15, 0.2) is 42.5 Å². The van der Waals surface area contributed by atoms with E-state index in [2.05, 4.69) is 0 Å². The van der Waals surface area contributed by atoms with Crippen LogP contribution in [0.1, 0.15) is 27.0 Å². The molecule has 3 heteroatoms. The molecule has 1 radical (unpaired) electrons. The molecular formula is C15H10ClO2. The summed E-state index contributed by atoms with van der Waals surface area (Å²) in [6.07, 6.45) is 1.75. The molecule has 0 heterocycles. The van der Waals surface area contributed by atoms with Crippen LogP contribution < -0.4 is 0 Å². The first-order chi connectivity index (χ1) is 8.65. The van der Waals surface area contributed by atoms with E-state index in [4.69, 9.17) is 11.6 Å². The summed E-state index contributed by atoms with van der Waals surface area (Å²) in [6.45, 7) is 1.84. The Labute approximate surface area is 110 Å². The highest BCUT2D eigenvalue weighted by Crippen LogP contribution is 2.23. The summed E-state index contributed by atoms with van der Waals surface area (Å²) in [5.74, 6) is -0.253. The average molecular weight is 258 g/mol. The highest BCUT2D eigenvalue weighted by Gasteiger charge is 2.18. The van der Waals surface area contributed by atoms with Gasteiger partial charge in [-0.1, -0.05) is 48.0 Å². The van der Waals surface area contributed by atoms with Gasteiger partial charge in [0.15, 0.2) is 5.78 Å². The number of rotatable bonds is 3. The molecule has 0 spiro atoms. The Bertz CT molecular complexity index is 618. The Hall–Kier alpha value is -1.93. The number of halogens is 1. The van der Waals surface area contributed by atoms with Gasteiger partial charge in [-0.25, -0.2) is 0 Å². The number of carbonyl (C=O) groups is 1. The molecule has 0 bridgehead atoms. The lowest BCUT2D eigenvalue weighted by molar-refractivity contribution is 0.103.